The molecule has 3 aliphatic rings. The number of carbonyl (C=O) groups excluding carboxylic acids is 3. The maximum Gasteiger partial charge on any atom is 0.239 e. The van der Waals surface area contributed by atoms with Gasteiger partial charge < -0.3 is 29.7 Å². The third kappa shape index (κ3) is 8.11. The number of nitrogens with zero attached hydrogens (tertiary/aromatic N) is 4. The Hall–Kier alpha value is -4.42. The van der Waals surface area contributed by atoms with E-state index in [2.05, 4.69) is 15.7 Å². The Morgan fingerprint density at radius 1 is 1.12 bits per heavy atom. The van der Waals surface area contributed by atoms with Gasteiger partial charge in [0.2, 0.25) is 17.7 Å². The maximum atomic E-state index is 13.0. The largest absolute Gasteiger partial charge is 0.493 e. The van der Waals surface area contributed by atoms with Gasteiger partial charge in [0, 0.05) is 45.9 Å². The number of fused-ring (bicyclic) bond motifs is 9. The first kappa shape index (κ1) is 30.1. The Morgan fingerprint density at radius 3 is 2.77 bits per heavy atom. The molecule has 3 aromatic rings. The third-order valence-corrected chi connectivity index (χ3v) is 7.59. The van der Waals surface area contributed by atoms with E-state index in [-0.39, 0.29) is 56.0 Å². The van der Waals surface area contributed by atoms with Crippen molar-refractivity contribution in [1.29, 1.82) is 0 Å². The number of rotatable bonds is 4. The van der Waals surface area contributed by atoms with Crippen molar-refractivity contribution in [2.45, 2.75) is 38.0 Å². The van der Waals surface area contributed by atoms with E-state index in [1.165, 1.54) is 4.90 Å². The second-order valence-electron chi connectivity index (χ2n) is 11.0. The lowest BCUT2D eigenvalue weighted by molar-refractivity contribution is -0.135. The van der Waals surface area contributed by atoms with Gasteiger partial charge >= 0.3 is 0 Å². The molecule has 3 aliphatic heterocycles. The number of hydrogen-bond acceptors (Lipinski definition) is 8. The molecule has 2 atom stereocenters. The van der Waals surface area contributed by atoms with E-state index in [1.54, 1.807) is 38.2 Å². The summed E-state index contributed by atoms with van der Waals surface area (Å²) in [5, 5.41) is 10.1. The Morgan fingerprint density at radius 2 is 1.98 bits per heavy atom. The van der Waals surface area contributed by atoms with Crippen molar-refractivity contribution in [3.8, 4) is 17.2 Å². The first-order valence-electron chi connectivity index (χ1n) is 14.4. The fraction of sp³-hybridized carbons (Fsp3) is 0.419. The summed E-state index contributed by atoms with van der Waals surface area (Å²) in [5.41, 5.74) is 1.82. The van der Waals surface area contributed by atoms with E-state index < -0.39 is 0 Å². The summed E-state index contributed by atoms with van der Waals surface area (Å²) >= 11 is 0. The normalized spacial score (nSPS) is 20.2. The summed E-state index contributed by atoms with van der Waals surface area (Å²) in [6, 6.07) is 14.7. The minimum absolute atomic E-state index is 0.0591. The van der Waals surface area contributed by atoms with Gasteiger partial charge in [-0.15, -0.1) is 0 Å². The summed E-state index contributed by atoms with van der Waals surface area (Å²) in [6.45, 7) is 1.41. The van der Waals surface area contributed by atoms with Gasteiger partial charge in [-0.3, -0.25) is 24.0 Å². The number of ether oxygens (including phenoxy) is 3. The van der Waals surface area contributed by atoms with Crippen molar-refractivity contribution in [3.63, 3.8) is 0 Å². The monoisotopic (exact) mass is 590 g/mol. The van der Waals surface area contributed by atoms with Crippen LogP contribution in [-0.2, 0) is 39.2 Å². The van der Waals surface area contributed by atoms with Gasteiger partial charge in [0.25, 0.3) is 0 Å². The molecule has 1 fully saturated rings. The topological polar surface area (TPSA) is 127 Å². The van der Waals surface area contributed by atoms with Crippen molar-refractivity contribution in [3.05, 3.63) is 65.9 Å². The van der Waals surface area contributed by atoms with Crippen LogP contribution in [0.25, 0.3) is 0 Å². The molecule has 1 saturated heterocycles. The molecule has 4 heterocycles. The quantitative estimate of drug-likeness (QED) is 0.474. The Bertz CT molecular complexity index is 1460. The highest BCUT2D eigenvalue weighted by atomic mass is 16.5. The summed E-state index contributed by atoms with van der Waals surface area (Å²) in [4.78, 5) is 42.0. The summed E-state index contributed by atoms with van der Waals surface area (Å²) in [7, 11) is 5.00. The van der Waals surface area contributed by atoms with Gasteiger partial charge in [-0.05, 0) is 48.2 Å². The minimum Gasteiger partial charge on any atom is -0.493 e. The standard InChI is InChI=1S/C31H38N6O6/c1-35-18-29(38)32-24-11-14-37(19-30(39)33-28-12-13-36(2)34-28)17-27(24)42-20-22-5-4-6-23(15-22)43-25-9-7-21(8-10-31(35)40)16-26(25)41-3/h4-7,9,12-13,15-16,24,27H,8,10-11,14,17-20H2,1-3H3,(H,32,38)(H,33,34,39)/t24-,27-/m0/s1. The van der Waals surface area contributed by atoms with Crippen LogP contribution < -0.4 is 20.1 Å². The van der Waals surface area contributed by atoms with E-state index in [0.717, 1.165) is 11.1 Å². The van der Waals surface area contributed by atoms with E-state index >= 15 is 0 Å². The minimum atomic E-state index is -0.389. The third-order valence-electron chi connectivity index (χ3n) is 7.59. The number of anilines is 1. The number of carbonyl (C=O) groups is 3. The Kier molecular flexibility index (Phi) is 9.58. The molecule has 0 unspecified atom stereocenters. The SMILES string of the molecule is COc1cc2ccc1Oc1cccc(c1)CO[C@H]1CN(CC(=O)Nc3ccn(C)n3)CC[C@@H]1NC(=O)CN(C)C(=O)CC2. The number of aromatic nitrogens is 2. The fourth-order valence-electron chi connectivity index (χ4n) is 5.30. The first-order chi connectivity index (χ1) is 20.7. The molecule has 0 saturated carbocycles. The average Bonchev–Trinajstić information content (AvgIpc) is 3.39. The summed E-state index contributed by atoms with van der Waals surface area (Å²) in [5.74, 6) is 1.68. The van der Waals surface area contributed by atoms with E-state index in [1.807, 2.05) is 47.4 Å². The fourth-order valence-corrected chi connectivity index (χ4v) is 5.30. The molecular weight excluding hydrogens is 552 g/mol. The van der Waals surface area contributed by atoms with Crippen LogP contribution in [0.3, 0.4) is 0 Å². The molecule has 12 heteroatoms. The lowest BCUT2D eigenvalue weighted by Gasteiger charge is -2.38. The lowest BCUT2D eigenvalue weighted by atomic mass is 10.0. The molecule has 2 N–H and O–H groups in total. The second-order valence-corrected chi connectivity index (χ2v) is 11.0. The van der Waals surface area contributed by atoms with Crippen molar-refractivity contribution in [1.82, 2.24) is 24.9 Å². The Balaban J connectivity index is 1.33. The van der Waals surface area contributed by atoms with Crippen LogP contribution in [0.2, 0.25) is 0 Å². The molecule has 1 aromatic heterocycles. The number of nitrogens with one attached hydrogen (secondary N) is 2. The van der Waals surface area contributed by atoms with Crippen LogP contribution in [0.5, 0.6) is 17.2 Å². The van der Waals surface area contributed by atoms with Crippen LogP contribution in [0.15, 0.2) is 54.7 Å². The van der Waals surface area contributed by atoms with Gasteiger partial charge in [0.15, 0.2) is 17.3 Å². The number of amides is 3. The van der Waals surface area contributed by atoms with Crippen LogP contribution in [0.1, 0.15) is 24.0 Å². The van der Waals surface area contributed by atoms with Crippen LogP contribution in [0, 0.1) is 0 Å². The van der Waals surface area contributed by atoms with Gasteiger partial charge in [-0.2, -0.15) is 5.10 Å². The molecule has 0 spiro atoms. The van der Waals surface area contributed by atoms with E-state index in [9.17, 15) is 14.4 Å². The Labute approximate surface area is 250 Å². The summed E-state index contributed by atoms with van der Waals surface area (Å²) < 4.78 is 19.7. The lowest BCUT2D eigenvalue weighted by Crippen LogP contribution is -2.57. The highest BCUT2D eigenvalue weighted by molar-refractivity contribution is 5.91. The van der Waals surface area contributed by atoms with Gasteiger partial charge in [-0.25, -0.2) is 0 Å². The molecule has 12 nitrogen and oxygen atoms in total. The number of methoxy groups -OCH3 is 1. The number of likely N-dealkylation sites (tertiary alicyclic amines) is 1. The zero-order valence-corrected chi connectivity index (χ0v) is 24.7. The molecule has 2 aromatic carbocycles. The molecule has 3 amide bonds. The average molecular weight is 591 g/mol. The highest BCUT2D eigenvalue weighted by Crippen LogP contribution is 2.33. The molecule has 4 bridgehead atoms. The zero-order chi connectivity index (χ0) is 30.3. The van der Waals surface area contributed by atoms with Crippen LogP contribution in [0.4, 0.5) is 5.82 Å². The van der Waals surface area contributed by atoms with Crippen molar-refractivity contribution in [2.24, 2.45) is 7.05 Å². The number of likely N-dealkylation sites (N-methyl/N-ethyl adjacent to an activating group) is 1. The number of hydrogen-bond donors (Lipinski definition) is 2. The number of benzene rings is 2. The molecule has 0 radical (unpaired) electrons. The zero-order valence-electron chi connectivity index (χ0n) is 24.7. The van der Waals surface area contributed by atoms with Crippen molar-refractivity contribution in [2.75, 3.05) is 45.7 Å². The van der Waals surface area contributed by atoms with Crippen molar-refractivity contribution < 1.29 is 28.6 Å². The predicted octanol–water partition coefficient (Wildman–Crippen LogP) is 2.34. The molecule has 0 aliphatic carbocycles. The highest BCUT2D eigenvalue weighted by Gasteiger charge is 2.32. The van der Waals surface area contributed by atoms with E-state index in [4.69, 9.17) is 14.2 Å². The number of piperidine rings is 1. The first-order valence-corrected chi connectivity index (χ1v) is 14.4. The summed E-state index contributed by atoms with van der Waals surface area (Å²) in [6.07, 6.45) is 2.71. The van der Waals surface area contributed by atoms with Gasteiger partial charge in [-0.1, -0.05) is 18.2 Å². The molecular formula is C31H38N6O6. The molecule has 228 valence electrons. The van der Waals surface area contributed by atoms with Gasteiger partial charge in [0.05, 0.1) is 39.0 Å². The van der Waals surface area contributed by atoms with Crippen molar-refractivity contribution >= 4 is 23.5 Å². The maximum absolute atomic E-state index is 13.0. The van der Waals surface area contributed by atoms with Crippen LogP contribution >= 0.6 is 0 Å². The van der Waals surface area contributed by atoms with E-state index in [0.29, 0.717) is 49.0 Å². The smallest absolute Gasteiger partial charge is 0.239 e. The second kappa shape index (κ2) is 13.7. The molecule has 43 heavy (non-hydrogen) atoms. The van der Waals surface area contributed by atoms with Crippen LogP contribution in [-0.4, -0.2) is 89.8 Å². The number of aryl methyl sites for hydroxylation is 2. The predicted molar refractivity (Wildman–Crippen MR) is 159 cm³/mol. The molecule has 6 rings (SSSR count). The van der Waals surface area contributed by atoms with Gasteiger partial charge in [0.1, 0.15) is 5.75 Å².